The molecule has 1 heterocycles. The van der Waals surface area contributed by atoms with E-state index in [1.807, 2.05) is 4.90 Å². The van der Waals surface area contributed by atoms with Crippen molar-refractivity contribution in [1.82, 2.24) is 4.90 Å². The van der Waals surface area contributed by atoms with Gasteiger partial charge in [-0.15, -0.1) is 0 Å². The number of para-hydroxylation sites is 1. The highest BCUT2D eigenvalue weighted by molar-refractivity contribution is 6.04. The zero-order valence-electron chi connectivity index (χ0n) is 16.6. The highest BCUT2D eigenvalue weighted by Gasteiger charge is 2.27. The number of non-ortho nitro benzene ring substituents is 1. The fourth-order valence-corrected chi connectivity index (χ4v) is 3.89. The lowest BCUT2D eigenvalue weighted by atomic mass is 9.91. The molecule has 0 saturated carbocycles. The maximum atomic E-state index is 13.1. The zero-order chi connectivity index (χ0) is 21.0. The minimum Gasteiger partial charge on any atom is -0.338 e. The Morgan fingerprint density at radius 1 is 1.07 bits per heavy atom. The number of nitro groups is 1. The average molecular weight is 395 g/mol. The van der Waals surface area contributed by atoms with Gasteiger partial charge in [0, 0.05) is 25.2 Å². The molecule has 0 spiro atoms. The average Bonchev–Trinajstić information content (AvgIpc) is 2.67. The molecule has 2 amide bonds. The topological polar surface area (TPSA) is 92.6 Å². The van der Waals surface area contributed by atoms with Crippen LogP contribution in [0.15, 0.2) is 48.5 Å². The SMILES string of the molecule is C[C@@H]1C[C@H](C)CN(C(=O)c2ccccc2NC(=O)Cc2ccc([N+](=O)[O-])cc2)C1. The zero-order valence-corrected chi connectivity index (χ0v) is 16.6. The van der Waals surface area contributed by atoms with E-state index in [1.54, 1.807) is 36.4 Å². The van der Waals surface area contributed by atoms with Crippen LogP contribution in [0.1, 0.15) is 36.2 Å². The smallest absolute Gasteiger partial charge is 0.269 e. The number of hydrogen-bond donors (Lipinski definition) is 1. The molecule has 7 nitrogen and oxygen atoms in total. The van der Waals surface area contributed by atoms with Crippen LogP contribution in [0.4, 0.5) is 11.4 Å². The molecule has 0 aromatic heterocycles. The third-order valence-corrected chi connectivity index (χ3v) is 5.10. The fraction of sp³-hybridized carbons (Fsp3) is 0.364. The molecule has 2 aromatic carbocycles. The number of nitrogens with one attached hydrogen (secondary N) is 1. The van der Waals surface area contributed by atoms with E-state index in [0.29, 0.717) is 41.7 Å². The van der Waals surface area contributed by atoms with E-state index in [1.165, 1.54) is 12.1 Å². The molecule has 1 fully saturated rings. The van der Waals surface area contributed by atoms with Crippen LogP contribution in [0.5, 0.6) is 0 Å². The summed E-state index contributed by atoms with van der Waals surface area (Å²) in [5.41, 5.74) is 1.60. The minimum atomic E-state index is -0.478. The Kier molecular flexibility index (Phi) is 6.26. The van der Waals surface area contributed by atoms with Gasteiger partial charge in [0.25, 0.3) is 11.6 Å². The van der Waals surface area contributed by atoms with Gasteiger partial charge in [0.05, 0.1) is 22.6 Å². The summed E-state index contributed by atoms with van der Waals surface area (Å²) < 4.78 is 0. The molecular weight excluding hydrogens is 370 g/mol. The molecule has 0 bridgehead atoms. The summed E-state index contributed by atoms with van der Waals surface area (Å²) in [5, 5.41) is 13.6. The van der Waals surface area contributed by atoms with E-state index in [4.69, 9.17) is 0 Å². The number of hydrogen-bond acceptors (Lipinski definition) is 4. The van der Waals surface area contributed by atoms with Gasteiger partial charge < -0.3 is 10.2 Å². The number of piperidine rings is 1. The van der Waals surface area contributed by atoms with Crippen molar-refractivity contribution in [3.05, 3.63) is 69.8 Å². The van der Waals surface area contributed by atoms with Crippen LogP contribution in [-0.4, -0.2) is 34.7 Å². The lowest BCUT2D eigenvalue weighted by Crippen LogP contribution is -2.42. The van der Waals surface area contributed by atoms with Crippen LogP contribution in [0, 0.1) is 22.0 Å². The predicted molar refractivity (Wildman–Crippen MR) is 111 cm³/mol. The molecule has 1 N–H and O–H groups in total. The predicted octanol–water partition coefficient (Wildman–Crippen LogP) is 3.89. The summed E-state index contributed by atoms with van der Waals surface area (Å²) in [4.78, 5) is 37.7. The molecule has 1 aliphatic heterocycles. The number of carbonyl (C=O) groups excluding carboxylic acids is 2. The highest BCUT2D eigenvalue weighted by Crippen LogP contribution is 2.25. The second-order valence-corrected chi connectivity index (χ2v) is 7.85. The van der Waals surface area contributed by atoms with Crippen molar-refractivity contribution >= 4 is 23.2 Å². The minimum absolute atomic E-state index is 0.0184. The van der Waals surface area contributed by atoms with Crippen molar-refractivity contribution in [3.8, 4) is 0 Å². The summed E-state index contributed by atoms with van der Waals surface area (Å²) >= 11 is 0. The van der Waals surface area contributed by atoms with E-state index < -0.39 is 4.92 Å². The Balaban J connectivity index is 1.70. The molecule has 2 aromatic rings. The van der Waals surface area contributed by atoms with Gasteiger partial charge in [0.2, 0.25) is 5.91 Å². The van der Waals surface area contributed by atoms with Crippen molar-refractivity contribution in [2.75, 3.05) is 18.4 Å². The Hall–Kier alpha value is -3.22. The van der Waals surface area contributed by atoms with Gasteiger partial charge in [-0.2, -0.15) is 0 Å². The van der Waals surface area contributed by atoms with Gasteiger partial charge in [0.1, 0.15) is 0 Å². The quantitative estimate of drug-likeness (QED) is 0.614. The molecule has 7 heteroatoms. The Morgan fingerprint density at radius 3 is 2.31 bits per heavy atom. The van der Waals surface area contributed by atoms with Crippen molar-refractivity contribution in [1.29, 1.82) is 0 Å². The molecule has 1 saturated heterocycles. The summed E-state index contributed by atoms with van der Waals surface area (Å²) in [6, 6.07) is 12.9. The van der Waals surface area contributed by atoms with E-state index in [2.05, 4.69) is 19.2 Å². The third-order valence-electron chi connectivity index (χ3n) is 5.10. The van der Waals surface area contributed by atoms with Gasteiger partial charge in [0.15, 0.2) is 0 Å². The largest absolute Gasteiger partial charge is 0.338 e. The van der Waals surface area contributed by atoms with Crippen molar-refractivity contribution in [2.45, 2.75) is 26.7 Å². The van der Waals surface area contributed by atoms with Crippen LogP contribution < -0.4 is 5.32 Å². The fourth-order valence-electron chi connectivity index (χ4n) is 3.89. The number of likely N-dealkylation sites (tertiary alicyclic amines) is 1. The highest BCUT2D eigenvalue weighted by atomic mass is 16.6. The summed E-state index contributed by atoms with van der Waals surface area (Å²) in [6.07, 6.45) is 1.18. The van der Waals surface area contributed by atoms with Gasteiger partial charge in [-0.1, -0.05) is 38.1 Å². The van der Waals surface area contributed by atoms with Crippen molar-refractivity contribution < 1.29 is 14.5 Å². The summed E-state index contributed by atoms with van der Waals surface area (Å²) in [6.45, 7) is 5.73. The number of benzene rings is 2. The van der Waals surface area contributed by atoms with E-state index >= 15 is 0 Å². The number of nitro benzene ring substituents is 1. The normalized spacial score (nSPS) is 18.9. The first-order valence-electron chi connectivity index (χ1n) is 9.75. The molecule has 0 radical (unpaired) electrons. The first-order chi connectivity index (χ1) is 13.8. The standard InChI is InChI=1S/C22H25N3O4/c1-15-11-16(2)14-24(13-15)22(27)19-5-3-4-6-20(19)23-21(26)12-17-7-9-18(10-8-17)25(28)29/h3-10,15-16H,11-14H2,1-2H3,(H,23,26)/t15-,16+. The summed E-state index contributed by atoms with van der Waals surface area (Å²) in [5.74, 6) is 0.548. The van der Waals surface area contributed by atoms with E-state index in [0.717, 1.165) is 6.42 Å². The lowest BCUT2D eigenvalue weighted by Gasteiger charge is -2.35. The molecular formula is C22H25N3O4. The molecule has 2 atom stereocenters. The maximum Gasteiger partial charge on any atom is 0.269 e. The molecule has 152 valence electrons. The number of rotatable bonds is 5. The third kappa shape index (κ3) is 5.19. The monoisotopic (exact) mass is 395 g/mol. The Labute approximate surface area is 169 Å². The van der Waals surface area contributed by atoms with E-state index in [9.17, 15) is 19.7 Å². The number of amides is 2. The van der Waals surface area contributed by atoms with Gasteiger partial charge >= 0.3 is 0 Å². The van der Waals surface area contributed by atoms with Crippen LogP contribution in [0.25, 0.3) is 0 Å². The molecule has 1 aliphatic rings. The van der Waals surface area contributed by atoms with Gasteiger partial charge in [-0.05, 0) is 36.0 Å². The number of nitrogens with zero attached hydrogens (tertiary/aromatic N) is 2. The first kappa shape index (κ1) is 20.5. The second kappa shape index (κ2) is 8.86. The lowest BCUT2D eigenvalue weighted by molar-refractivity contribution is -0.384. The first-order valence-corrected chi connectivity index (χ1v) is 9.75. The number of carbonyl (C=O) groups is 2. The van der Waals surface area contributed by atoms with Crippen LogP contribution in [0.2, 0.25) is 0 Å². The second-order valence-electron chi connectivity index (χ2n) is 7.85. The molecule has 0 unspecified atom stereocenters. The maximum absolute atomic E-state index is 13.1. The van der Waals surface area contributed by atoms with Crippen LogP contribution >= 0.6 is 0 Å². The van der Waals surface area contributed by atoms with Gasteiger partial charge in [-0.3, -0.25) is 19.7 Å². The van der Waals surface area contributed by atoms with Gasteiger partial charge in [-0.25, -0.2) is 0 Å². The Bertz CT molecular complexity index is 901. The summed E-state index contributed by atoms with van der Waals surface area (Å²) in [7, 11) is 0. The molecule has 0 aliphatic carbocycles. The van der Waals surface area contributed by atoms with Crippen molar-refractivity contribution in [3.63, 3.8) is 0 Å². The van der Waals surface area contributed by atoms with Crippen LogP contribution in [-0.2, 0) is 11.2 Å². The molecule has 29 heavy (non-hydrogen) atoms. The van der Waals surface area contributed by atoms with E-state index in [-0.39, 0.29) is 23.9 Å². The molecule has 3 rings (SSSR count). The van der Waals surface area contributed by atoms with Crippen LogP contribution in [0.3, 0.4) is 0 Å². The number of anilines is 1. The van der Waals surface area contributed by atoms with Crippen molar-refractivity contribution in [2.24, 2.45) is 11.8 Å². The Morgan fingerprint density at radius 2 is 1.69 bits per heavy atom.